The summed E-state index contributed by atoms with van der Waals surface area (Å²) >= 11 is 0. The summed E-state index contributed by atoms with van der Waals surface area (Å²) in [4.78, 5) is 0. The summed E-state index contributed by atoms with van der Waals surface area (Å²) in [6.07, 6.45) is 3.89. The van der Waals surface area contributed by atoms with Gasteiger partial charge in [-0.2, -0.15) is 5.10 Å². The first-order valence-electron chi connectivity index (χ1n) is 7.15. The Balaban J connectivity index is 1.97. The largest absolute Gasteiger partial charge is 0.494 e. The van der Waals surface area contributed by atoms with Gasteiger partial charge in [-0.05, 0) is 43.8 Å². The third-order valence-electron chi connectivity index (χ3n) is 3.58. The molecule has 108 valence electrons. The zero-order valence-electron chi connectivity index (χ0n) is 12.3. The molecular formula is C17H19N3O. The molecule has 2 aromatic heterocycles. The molecule has 1 aromatic carbocycles. The zero-order chi connectivity index (χ0) is 14.7. The van der Waals surface area contributed by atoms with E-state index >= 15 is 0 Å². The normalized spacial score (nSPS) is 12.5. The number of nitrogens with zero attached hydrogens (tertiary/aromatic N) is 2. The zero-order valence-corrected chi connectivity index (χ0v) is 12.3. The van der Waals surface area contributed by atoms with Gasteiger partial charge < -0.3 is 10.1 Å². The van der Waals surface area contributed by atoms with E-state index in [2.05, 4.69) is 28.6 Å². The molecule has 0 saturated heterocycles. The Morgan fingerprint density at radius 1 is 1.19 bits per heavy atom. The highest BCUT2D eigenvalue weighted by atomic mass is 16.5. The Morgan fingerprint density at radius 3 is 2.71 bits per heavy atom. The molecule has 4 heteroatoms. The van der Waals surface area contributed by atoms with Crippen LogP contribution < -0.4 is 10.1 Å². The van der Waals surface area contributed by atoms with E-state index in [1.807, 2.05) is 55.1 Å². The van der Waals surface area contributed by atoms with E-state index in [0.29, 0.717) is 6.61 Å². The third-order valence-corrected chi connectivity index (χ3v) is 3.58. The van der Waals surface area contributed by atoms with Crippen LogP contribution in [0.4, 0.5) is 0 Å². The van der Waals surface area contributed by atoms with Crippen molar-refractivity contribution in [2.45, 2.75) is 13.0 Å². The fourth-order valence-corrected chi connectivity index (χ4v) is 2.60. The number of benzene rings is 1. The summed E-state index contributed by atoms with van der Waals surface area (Å²) in [6, 6.07) is 14.4. The quantitative estimate of drug-likeness (QED) is 0.781. The highest BCUT2D eigenvalue weighted by Gasteiger charge is 2.16. The van der Waals surface area contributed by atoms with Gasteiger partial charge >= 0.3 is 0 Å². The SMILES string of the molecule is CCOc1ccc(C(NC)c2cnn3ccccc23)cc1. The molecule has 0 aliphatic heterocycles. The molecule has 3 aromatic rings. The van der Waals surface area contributed by atoms with Crippen LogP contribution in [0.15, 0.2) is 54.9 Å². The third kappa shape index (κ3) is 2.62. The number of hydrogen-bond donors (Lipinski definition) is 1. The molecule has 1 atom stereocenters. The van der Waals surface area contributed by atoms with E-state index < -0.39 is 0 Å². The monoisotopic (exact) mass is 281 g/mol. The van der Waals surface area contributed by atoms with Crippen molar-refractivity contribution in [1.82, 2.24) is 14.9 Å². The Bertz CT molecular complexity index is 718. The smallest absolute Gasteiger partial charge is 0.119 e. The predicted molar refractivity (Wildman–Crippen MR) is 83.7 cm³/mol. The number of nitrogens with one attached hydrogen (secondary N) is 1. The van der Waals surface area contributed by atoms with Gasteiger partial charge in [0, 0.05) is 11.8 Å². The molecular weight excluding hydrogens is 262 g/mol. The maximum atomic E-state index is 5.50. The average molecular weight is 281 g/mol. The number of fused-ring (bicyclic) bond motifs is 1. The topological polar surface area (TPSA) is 38.6 Å². The minimum atomic E-state index is 0.112. The second-order valence-corrected chi connectivity index (χ2v) is 4.85. The van der Waals surface area contributed by atoms with Crippen LogP contribution in [0.2, 0.25) is 0 Å². The van der Waals surface area contributed by atoms with Gasteiger partial charge in [0.05, 0.1) is 24.4 Å². The molecule has 0 amide bonds. The summed E-state index contributed by atoms with van der Waals surface area (Å²) in [5.41, 5.74) is 3.48. The minimum Gasteiger partial charge on any atom is -0.494 e. The fourth-order valence-electron chi connectivity index (χ4n) is 2.60. The Morgan fingerprint density at radius 2 is 2.00 bits per heavy atom. The van der Waals surface area contributed by atoms with E-state index in [9.17, 15) is 0 Å². The van der Waals surface area contributed by atoms with Gasteiger partial charge in [0.15, 0.2) is 0 Å². The van der Waals surface area contributed by atoms with Gasteiger partial charge in [-0.3, -0.25) is 0 Å². The maximum Gasteiger partial charge on any atom is 0.119 e. The second kappa shape index (κ2) is 5.97. The van der Waals surface area contributed by atoms with Crippen LogP contribution >= 0.6 is 0 Å². The van der Waals surface area contributed by atoms with E-state index in [-0.39, 0.29) is 6.04 Å². The van der Waals surface area contributed by atoms with Crippen LogP contribution in [0.3, 0.4) is 0 Å². The van der Waals surface area contributed by atoms with Crippen molar-refractivity contribution < 1.29 is 4.74 Å². The lowest BCUT2D eigenvalue weighted by atomic mass is 10.00. The number of pyridine rings is 1. The molecule has 4 nitrogen and oxygen atoms in total. The van der Waals surface area contributed by atoms with Gasteiger partial charge in [-0.1, -0.05) is 18.2 Å². The van der Waals surface area contributed by atoms with E-state index in [0.717, 1.165) is 11.3 Å². The first kappa shape index (κ1) is 13.6. The molecule has 0 spiro atoms. The Kier molecular flexibility index (Phi) is 3.88. The van der Waals surface area contributed by atoms with Crippen molar-refractivity contribution in [3.05, 3.63) is 66.0 Å². The van der Waals surface area contributed by atoms with Crippen molar-refractivity contribution in [3.63, 3.8) is 0 Å². The van der Waals surface area contributed by atoms with Crippen LogP contribution in [-0.2, 0) is 0 Å². The van der Waals surface area contributed by atoms with Gasteiger partial charge in [-0.15, -0.1) is 0 Å². The first-order chi connectivity index (χ1) is 10.3. The fraction of sp³-hybridized carbons (Fsp3) is 0.235. The van der Waals surface area contributed by atoms with Gasteiger partial charge in [0.2, 0.25) is 0 Å². The average Bonchev–Trinajstić information content (AvgIpc) is 2.94. The Hall–Kier alpha value is -2.33. The number of ether oxygens (including phenoxy) is 1. The maximum absolute atomic E-state index is 5.50. The molecule has 3 rings (SSSR count). The number of aromatic nitrogens is 2. The molecule has 0 fully saturated rings. The summed E-state index contributed by atoms with van der Waals surface area (Å²) in [5.74, 6) is 0.899. The second-order valence-electron chi connectivity index (χ2n) is 4.85. The molecule has 0 bridgehead atoms. The van der Waals surface area contributed by atoms with Crippen molar-refractivity contribution in [2.75, 3.05) is 13.7 Å². The van der Waals surface area contributed by atoms with Crippen LogP contribution in [0.1, 0.15) is 24.1 Å². The van der Waals surface area contributed by atoms with Gasteiger partial charge in [0.25, 0.3) is 0 Å². The van der Waals surface area contributed by atoms with Crippen LogP contribution in [-0.4, -0.2) is 23.3 Å². The molecule has 0 radical (unpaired) electrons. The van der Waals surface area contributed by atoms with E-state index in [4.69, 9.17) is 4.74 Å². The lowest BCUT2D eigenvalue weighted by Crippen LogP contribution is -2.17. The molecule has 2 heterocycles. The molecule has 0 aliphatic carbocycles. The van der Waals surface area contributed by atoms with Gasteiger partial charge in [-0.25, -0.2) is 4.52 Å². The van der Waals surface area contributed by atoms with E-state index in [1.165, 1.54) is 11.1 Å². The highest BCUT2D eigenvalue weighted by Crippen LogP contribution is 2.26. The van der Waals surface area contributed by atoms with Crippen molar-refractivity contribution in [3.8, 4) is 5.75 Å². The van der Waals surface area contributed by atoms with Crippen LogP contribution in [0.5, 0.6) is 5.75 Å². The molecule has 1 N–H and O–H groups in total. The van der Waals surface area contributed by atoms with Crippen molar-refractivity contribution in [1.29, 1.82) is 0 Å². The summed E-state index contributed by atoms with van der Waals surface area (Å²) in [7, 11) is 1.97. The molecule has 0 saturated carbocycles. The number of rotatable bonds is 5. The molecule has 1 unspecified atom stereocenters. The summed E-state index contributed by atoms with van der Waals surface area (Å²) in [5, 5.41) is 7.78. The standard InChI is InChI=1S/C17H19N3O/c1-3-21-14-9-7-13(8-10-14)17(18-2)15-12-19-20-11-5-4-6-16(15)20/h4-12,17-18H,3H2,1-2H3. The first-order valence-corrected chi connectivity index (χ1v) is 7.15. The van der Waals surface area contributed by atoms with Gasteiger partial charge in [0.1, 0.15) is 5.75 Å². The molecule has 0 aliphatic rings. The lowest BCUT2D eigenvalue weighted by Gasteiger charge is -2.16. The lowest BCUT2D eigenvalue weighted by molar-refractivity contribution is 0.340. The molecule has 21 heavy (non-hydrogen) atoms. The number of hydrogen-bond acceptors (Lipinski definition) is 3. The van der Waals surface area contributed by atoms with Crippen LogP contribution in [0.25, 0.3) is 5.52 Å². The van der Waals surface area contributed by atoms with E-state index in [1.54, 1.807) is 0 Å². The summed E-state index contributed by atoms with van der Waals surface area (Å²) < 4.78 is 7.40. The highest BCUT2D eigenvalue weighted by molar-refractivity contribution is 5.57. The predicted octanol–water partition coefficient (Wildman–Crippen LogP) is 3.04. The van der Waals surface area contributed by atoms with Crippen molar-refractivity contribution >= 4 is 5.52 Å². The minimum absolute atomic E-state index is 0.112. The Labute approximate surface area is 124 Å². The van der Waals surface area contributed by atoms with Crippen LogP contribution in [0, 0.1) is 0 Å². The summed E-state index contributed by atoms with van der Waals surface area (Å²) in [6.45, 7) is 2.67. The van der Waals surface area contributed by atoms with Crippen molar-refractivity contribution in [2.24, 2.45) is 0 Å².